The molecule has 0 fully saturated rings. The molecule has 0 aromatic rings. The molecule has 0 bridgehead atoms. The zero-order valence-corrected chi connectivity index (χ0v) is 10.2. The zero-order valence-electron chi connectivity index (χ0n) is 10.2. The smallest absolute Gasteiger partial charge is 0.324 e. The minimum atomic E-state index is -1.25. The minimum absolute atomic E-state index is 0.153. The summed E-state index contributed by atoms with van der Waals surface area (Å²) >= 11 is 0. The van der Waals surface area contributed by atoms with Crippen LogP contribution in [0.25, 0.3) is 0 Å². The van der Waals surface area contributed by atoms with E-state index < -0.39 is 30.1 Å². The van der Waals surface area contributed by atoms with E-state index >= 15 is 0 Å². The molecule has 7 heteroatoms. The highest BCUT2D eigenvalue weighted by Crippen LogP contribution is 2.04. The average molecular weight is 248 g/mol. The Morgan fingerprint density at radius 2 is 1.59 bits per heavy atom. The fourth-order valence-corrected chi connectivity index (χ4v) is 1.27. The van der Waals surface area contributed by atoms with E-state index in [2.05, 4.69) is 10.9 Å². The van der Waals surface area contributed by atoms with E-state index in [9.17, 15) is 14.7 Å². The Hall–Kier alpha value is -1.18. The lowest BCUT2D eigenvalue weighted by molar-refractivity contribution is -0.145. The average Bonchev–Trinajstić information content (AvgIpc) is 2.14. The number of carbonyl (C=O) groups is 2. The van der Waals surface area contributed by atoms with Crippen molar-refractivity contribution in [3.8, 4) is 0 Å². The molecule has 0 aliphatic rings. The molecule has 0 unspecified atom stereocenters. The molecule has 0 aliphatic heterocycles. The first-order valence-corrected chi connectivity index (χ1v) is 5.40. The van der Waals surface area contributed by atoms with Crippen molar-refractivity contribution in [2.24, 2.45) is 5.92 Å². The Morgan fingerprint density at radius 3 is 1.88 bits per heavy atom. The molecule has 0 radical (unpaired) electrons. The van der Waals surface area contributed by atoms with Crippen LogP contribution < -0.4 is 10.9 Å². The first-order chi connectivity index (χ1) is 7.75. The molecule has 0 saturated heterocycles. The maximum Gasteiger partial charge on any atom is 0.324 e. The maximum absolute atomic E-state index is 10.9. The van der Waals surface area contributed by atoms with Crippen LogP contribution in [0, 0.1) is 5.92 Å². The number of hydrazine groups is 1. The van der Waals surface area contributed by atoms with Crippen LogP contribution in [0.1, 0.15) is 27.2 Å². The van der Waals surface area contributed by atoms with Crippen molar-refractivity contribution in [1.82, 2.24) is 10.9 Å². The largest absolute Gasteiger partial charge is 0.480 e. The van der Waals surface area contributed by atoms with Crippen molar-refractivity contribution in [3.05, 3.63) is 0 Å². The van der Waals surface area contributed by atoms with Gasteiger partial charge in [-0.1, -0.05) is 13.8 Å². The van der Waals surface area contributed by atoms with Gasteiger partial charge in [0.1, 0.15) is 12.1 Å². The highest BCUT2D eigenvalue weighted by molar-refractivity contribution is 5.75. The number of nitrogens with one attached hydrogen (secondary N) is 2. The maximum atomic E-state index is 10.9. The standard InChI is InChI=1S/C10H20N2O5/c1-5(2)4-7(9(14)15)11-12-8(6(3)13)10(16)17/h5-8,11-13H,4H2,1-3H3,(H,14,15)(H,16,17)/t6-,7+,8+/m1/s1. The van der Waals surface area contributed by atoms with Crippen LogP contribution >= 0.6 is 0 Å². The lowest BCUT2D eigenvalue weighted by Gasteiger charge is -2.22. The van der Waals surface area contributed by atoms with Gasteiger partial charge in [0.15, 0.2) is 0 Å². The molecule has 17 heavy (non-hydrogen) atoms. The summed E-state index contributed by atoms with van der Waals surface area (Å²) in [4.78, 5) is 21.6. The van der Waals surface area contributed by atoms with Gasteiger partial charge in [-0.3, -0.25) is 9.59 Å². The third kappa shape index (κ3) is 6.20. The summed E-state index contributed by atoms with van der Waals surface area (Å²) in [5.74, 6) is -2.16. The van der Waals surface area contributed by atoms with Crippen LogP contribution in [0.15, 0.2) is 0 Å². The lowest BCUT2D eigenvalue weighted by Crippen LogP contribution is -2.56. The van der Waals surface area contributed by atoms with Gasteiger partial charge in [0.25, 0.3) is 0 Å². The number of hydrogen-bond donors (Lipinski definition) is 5. The third-order valence-electron chi connectivity index (χ3n) is 2.17. The Labute approximate surface area is 99.8 Å². The molecule has 5 N–H and O–H groups in total. The predicted octanol–water partition coefficient (Wildman–Crippen LogP) is -0.586. The van der Waals surface area contributed by atoms with Gasteiger partial charge in [-0.2, -0.15) is 0 Å². The van der Waals surface area contributed by atoms with E-state index in [0.29, 0.717) is 6.42 Å². The number of carboxylic acids is 2. The van der Waals surface area contributed by atoms with E-state index in [1.165, 1.54) is 6.92 Å². The van der Waals surface area contributed by atoms with Crippen molar-refractivity contribution >= 4 is 11.9 Å². The van der Waals surface area contributed by atoms with Crippen molar-refractivity contribution in [2.45, 2.75) is 45.4 Å². The highest BCUT2D eigenvalue weighted by atomic mass is 16.4. The molecule has 0 amide bonds. The summed E-state index contributed by atoms with van der Waals surface area (Å²) in [7, 11) is 0. The second kappa shape index (κ2) is 7.21. The van der Waals surface area contributed by atoms with E-state index in [1.54, 1.807) is 0 Å². The Bertz CT molecular complexity index is 267. The molecule has 0 saturated carbocycles. The molecule has 3 atom stereocenters. The third-order valence-corrected chi connectivity index (χ3v) is 2.17. The number of aliphatic hydroxyl groups excluding tert-OH is 1. The second-order valence-electron chi connectivity index (χ2n) is 4.37. The van der Waals surface area contributed by atoms with Gasteiger partial charge in [-0.25, -0.2) is 10.9 Å². The van der Waals surface area contributed by atoms with E-state index in [4.69, 9.17) is 10.2 Å². The Kier molecular flexibility index (Phi) is 6.71. The summed E-state index contributed by atoms with van der Waals surface area (Å²) < 4.78 is 0. The molecule has 0 aromatic carbocycles. The molecule has 0 spiro atoms. The number of hydrogen-bond acceptors (Lipinski definition) is 5. The molecule has 0 heterocycles. The number of aliphatic hydroxyl groups is 1. The summed E-state index contributed by atoms with van der Waals surface area (Å²) in [6.07, 6.45) is -0.775. The van der Waals surface area contributed by atoms with E-state index in [0.717, 1.165) is 0 Å². The Morgan fingerprint density at radius 1 is 1.06 bits per heavy atom. The number of carboxylic acid groups (broad SMARTS) is 2. The fourth-order valence-electron chi connectivity index (χ4n) is 1.27. The topological polar surface area (TPSA) is 119 Å². The summed E-state index contributed by atoms with van der Waals surface area (Å²) in [5.41, 5.74) is 4.75. The highest BCUT2D eigenvalue weighted by Gasteiger charge is 2.25. The minimum Gasteiger partial charge on any atom is -0.480 e. The van der Waals surface area contributed by atoms with Gasteiger partial charge in [0.2, 0.25) is 0 Å². The molecular formula is C10H20N2O5. The van der Waals surface area contributed by atoms with Crippen LogP contribution in [0.2, 0.25) is 0 Å². The molecule has 7 nitrogen and oxygen atoms in total. The second-order valence-corrected chi connectivity index (χ2v) is 4.37. The molecule has 0 rings (SSSR count). The Balaban J connectivity index is 4.37. The van der Waals surface area contributed by atoms with E-state index in [-0.39, 0.29) is 5.92 Å². The summed E-state index contributed by atoms with van der Waals surface area (Å²) in [5, 5.41) is 26.9. The molecular weight excluding hydrogens is 228 g/mol. The van der Waals surface area contributed by atoms with Crippen LogP contribution in [0.3, 0.4) is 0 Å². The fraction of sp³-hybridized carbons (Fsp3) is 0.800. The summed E-state index contributed by atoms with van der Waals surface area (Å²) in [6.45, 7) is 5.04. The first-order valence-electron chi connectivity index (χ1n) is 5.40. The van der Waals surface area contributed by atoms with Crippen LogP contribution in [-0.4, -0.2) is 45.4 Å². The quantitative estimate of drug-likeness (QED) is 0.364. The predicted molar refractivity (Wildman–Crippen MR) is 60.3 cm³/mol. The van der Waals surface area contributed by atoms with Gasteiger partial charge >= 0.3 is 11.9 Å². The van der Waals surface area contributed by atoms with Gasteiger partial charge in [-0.05, 0) is 19.3 Å². The first kappa shape index (κ1) is 15.8. The van der Waals surface area contributed by atoms with Gasteiger partial charge in [0.05, 0.1) is 6.10 Å². The van der Waals surface area contributed by atoms with E-state index in [1.807, 2.05) is 13.8 Å². The monoisotopic (exact) mass is 248 g/mol. The van der Waals surface area contributed by atoms with Crippen molar-refractivity contribution < 1.29 is 24.9 Å². The van der Waals surface area contributed by atoms with Crippen molar-refractivity contribution in [2.75, 3.05) is 0 Å². The summed E-state index contributed by atoms with van der Waals surface area (Å²) in [6, 6.07) is -2.14. The van der Waals surface area contributed by atoms with Crippen LogP contribution in [0.5, 0.6) is 0 Å². The lowest BCUT2D eigenvalue weighted by atomic mass is 10.0. The number of rotatable bonds is 8. The SMILES string of the molecule is CC(C)C[C@H](NN[C@H](C(=O)O)[C@@H](C)O)C(=O)O. The van der Waals surface area contributed by atoms with Crippen molar-refractivity contribution in [3.63, 3.8) is 0 Å². The molecule has 0 aromatic heterocycles. The molecule has 0 aliphatic carbocycles. The van der Waals surface area contributed by atoms with Gasteiger partial charge in [0, 0.05) is 0 Å². The van der Waals surface area contributed by atoms with Crippen molar-refractivity contribution in [1.29, 1.82) is 0 Å². The number of aliphatic carboxylic acids is 2. The van der Waals surface area contributed by atoms with Gasteiger partial charge in [-0.15, -0.1) is 0 Å². The molecule has 100 valence electrons. The zero-order chi connectivity index (χ0) is 13.6. The van der Waals surface area contributed by atoms with Crippen LogP contribution in [-0.2, 0) is 9.59 Å². The van der Waals surface area contributed by atoms with Crippen LogP contribution in [0.4, 0.5) is 0 Å². The normalized spacial score (nSPS) is 16.5. The van der Waals surface area contributed by atoms with Gasteiger partial charge < -0.3 is 15.3 Å².